The van der Waals surface area contributed by atoms with Crippen LogP contribution in [-0.2, 0) is 4.79 Å². The molecule has 0 saturated heterocycles. The van der Waals surface area contributed by atoms with Gasteiger partial charge in [0, 0.05) is 6.20 Å². The lowest BCUT2D eigenvalue weighted by atomic mass is 10.3. The summed E-state index contributed by atoms with van der Waals surface area (Å²) in [7, 11) is 0. The predicted octanol–water partition coefficient (Wildman–Crippen LogP) is 2.86. The van der Waals surface area contributed by atoms with Gasteiger partial charge in [-0.15, -0.1) is 5.10 Å². The molecule has 0 aliphatic carbocycles. The Morgan fingerprint density at radius 2 is 2.04 bits per heavy atom. The van der Waals surface area contributed by atoms with E-state index in [-0.39, 0.29) is 5.75 Å². The van der Waals surface area contributed by atoms with E-state index >= 15 is 0 Å². The summed E-state index contributed by atoms with van der Waals surface area (Å²) in [5.74, 6) is -0.408. The highest BCUT2D eigenvalue weighted by atomic mass is 32.2. The lowest BCUT2D eigenvalue weighted by Crippen LogP contribution is -1.97. The lowest BCUT2D eigenvalue weighted by Gasteiger charge is -1.98. The first-order chi connectivity index (χ1) is 11.2. The second-order valence-electron chi connectivity index (χ2n) is 4.16. The average molecular weight is 331 g/mol. The summed E-state index contributed by atoms with van der Waals surface area (Å²) < 4.78 is 1.74. The van der Waals surface area contributed by atoms with Gasteiger partial charge in [0.05, 0.1) is 23.2 Å². The number of H-pyrrole nitrogens is 1. The molecule has 0 saturated carbocycles. The van der Waals surface area contributed by atoms with Gasteiger partial charge in [-0.25, -0.2) is 9.67 Å². The van der Waals surface area contributed by atoms with E-state index in [1.54, 1.807) is 10.9 Å². The summed E-state index contributed by atoms with van der Waals surface area (Å²) >= 11 is 1.07. The number of aliphatic carboxylic acids is 1. The van der Waals surface area contributed by atoms with Gasteiger partial charge in [-0.2, -0.15) is 5.10 Å². The minimum absolute atomic E-state index is 0.0689. The summed E-state index contributed by atoms with van der Waals surface area (Å²) in [5.41, 5.74) is 1.73. The Hall–Kier alpha value is -2.61. The zero-order chi connectivity index (χ0) is 16.7. The molecule has 2 heterocycles. The molecule has 3 aromatic rings. The number of aromatic nitrogens is 5. The Balaban J connectivity index is 0.000000924. The average Bonchev–Trinajstić information content (AvgIpc) is 3.25. The van der Waals surface area contributed by atoms with Gasteiger partial charge >= 0.3 is 5.97 Å². The molecule has 0 unspecified atom stereocenters. The Morgan fingerprint density at radius 3 is 2.74 bits per heavy atom. The van der Waals surface area contributed by atoms with Crippen molar-refractivity contribution in [3.63, 3.8) is 0 Å². The van der Waals surface area contributed by atoms with Crippen molar-refractivity contribution in [2.75, 3.05) is 5.75 Å². The van der Waals surface area contributed by atoms with Crippen LogP contribution in [0.2, 0.25) is 0 Å². The number of hydrogen-bond donors (Lipinski definition) is 2. The first kappa shape index (κ1) is 16.8. The molecule has 2 aromatic heterocycles. The predicted molar refractivity (Wildman–Crippen MR) is 88.6 cm³/mol. The molecule has 0 amide bonds. The van der Waals surface area contributed by atoms with Crippen molar-refractivity contribution in [2.24, 2.45) is 0 Å². The van der Waals surface area contributed by atoms with E-state index in [9.17, 15) is 4.79 Å². The lowest BCUT2D eigenvalue weighted by molar-refractivity contribution is -0.133. The number of benzene rings is 1. The van der Waals surface area contributed by atoms with Crippen molar-refractivity contribution in [1.29, 1.82) is 0 Å². The van der Waals surface area contributed by atoms with E-state index in [1.165, 1.54) is 0 Å². The van der Waals surface area contributed by atoms with Gasteiger partial charge < -0.3 is 5.11 Å². The third kappa shape index (κ3) is 4.43. The molecule has 0 atom stereocenters. The van der Waals surface area contributed by atoms with E-state index in [1.807, 2.05) is 50.4 Å². The van der Waals surface area contributed by atoms with E-state index < -0.39 is 5.97 Å². The van der Waals surface area contributed by atoms with Gasteiger partial charge in [0.1, 0.15) is 0 Å². The molecule has 23 heavy (non-hydrogen) atoms. The second-order valence-corrected chi connectivity index (χ2v) is 5.10. The van der Waals surface area contributed by atoms with Crippen molar-refractivity contribution >= 4 is 17.7 Å². The van der Waals surface area contributed by atoms with Crippen molar-refractivity contribution in [2.45, 2.75) is 19.0 Å². The fraction of sp³-hybridized carbons (Fsp3) is 0.200. The van der Waals surface area contributed by atoms with Crippen LogP contribution in [0.3, 0.4) is 0 Å². The van der Waals surface area contributed by atoms with Crippen LogP contribution in [-0.4, -0.2) is 41.8 Å². The van der Waals surface area contributed by atoms with Crippen LogP contribution in [0.1, 0.15) is 13.8 Å². The van der Waals surface area contributed by atoms with Gasteiger partial charge in [0.15, 0.2) is 5.82 Å². The highest BCUT2D eigenvalue weighted by Crippen LogP contribution is 2.19. The number of para-hydroxylation sites is 1. The SMILES string of the molecule is CC.O=C(O)CSc1n[nH]c(-c2cnn(-c3ccccc3)c2)n1. The molecule has 1 aromatic carbocycles. The smallest absolute Gasteiger partial charge is 0.313 e. The van der Waals surface area contributed by atoms with E-state index in [0.29, 0.717) is 11.0 Å². The largest absolute Gasteiger partial charge is 0.481 e. The van der Waals surface area contributed by atoms with Crippen molar-refractivity contribution in [1.82, 2.24) is 25.0 Å². The Bertz CT molecular complexity index is 754. The number of nitrogens with zero attached hydrogens (tertiary/aromatic N) is 4. The summed E-state index contributed by atoms with van der Waals surface area (Å²) in [4.78, 5) is 14.7. The molecule has 0 aliphatic rings. The maximum absolute atomic E-state index is 10.5. The zero-order valence-electron chi connectivity index (χ0n) is 12.8. The number of nitrogens with one attached hydrogen (secondary N) is 1. The fourth-order valence-corrected chi connectivity index (χ4v) is 2.25. The molecule has 0 spiro atoms. The highest BCUT2D eigenvalue weighted by molar-refractivity contribution is 7.99. The monoisotopic (exact) mass is 331 g/mol. The number of carboxylic acid groups (broad SMARTS) is 1. The molecule has 120 valence electrons. The second kappa shape index (κ2) is 8.14. The Morgan fingerprint density at radius 1 is 1.30 bits per heavy atom. The number of carboxylic acids is 1. The molecule has 7 nitrogen and oxygen atoms in total. The topological polar surface area (TPSA) is 96.7 Å². The molecule has 0 radical (unpaired) electrons. The summed E-state index contributed by atoms with van der Waals surface area (Å²) in [6, 6.07) is 9.71. The summed E-state index contributed by atoms with van der Waals surface area (Å²) in [6.07, 6.45) is 3.51. The minimum Gasteiger partial charge on any atom is -0.481 e. The van der Waals surface area contributed by atoms with Crippen LogP contribution in [0.4, 0.5) is 0 Å². The number of thioether (sulfide) groups is 1. The number of hydrogen-bond acceptors (Lipinski definition) is 5. The summed E-state index contributed by atoms with van der Waals surface area (Å²) in [6.45, 7) is 4.00. The first-order valence-corrected chi connectivity index (χ1v) is 8.08. The molecule has 3 rings (SSSR count). The van der Waals surface area contributed by atoms with Gasteiger partial charge in [-0.05, 0) is 12.1 Å². The molecular formula is C15H17N5O2S. The molecule has 2 N–H and O–H groups in total. The number of aromatic amines is 1. The number of rotatable bonds is 5. The quantitative estimate of drug-likeness (QED) is 0.698. The molecular weight excluding hydrogens is 314 g/mol. The van der Waals surface area contributed by atoms with Gasteiger partial charge in [-0.3, -0.25) is 9.89 Å². The Kier molecular flexibility index (Phi) is 5.93. The maximum atomic E-state index is 10.5. The molecule has 8 heteroatoms. The minimum atomic E-state index is -0.900. The van der Waals surface area contributed by atoms with Crippen LogP contribution in [0.5, 0.6) is 0 Å². The Labute approximate surface area is 137 Å². The first-order valence-electron chi connectivity index (χ1n) is 7.10. The maximum Gasteiger partial charge on any atom is 0.313 e. The van der Waals surface area contributed by atoms with E-state index in [2.05, 4.69) is 20.3 Å². The van der Waals surface area contributed by atoms with E-state index in [0.717, 1.165) is 23.0 Å². The van der Waals surface area contributed by atoms with Gasteiger partial charge in [-0.1, -0.05) is 43.8 Å². The van der Waals surface area contributed by atoms with Crippen molar-refractivity contribution < 1.29 is 9.90 Å². The van der Waals surface area contributed by atoms with Crippen LogP contribution in [0, 0.1) is 0 Å². The van der Waals surface area contributed by atoms with Gasteiger partial charge in [0.25, 0.3) is 0 Å². The summed E-state index contributed by atoms with van der Waals surface area (Å²) in [5, 5.41) is 20.1. The number of carbonyl (C=O) groups is 1. The molecule has 0 aliphatic heterocycles. The van der Waals surface area contributed by atoms with Crippen molar-refractivity contribution in [3.05, 3.63) is 42.7 Å². The normalized spacial score (nSPS) is 10.0. The third-order valence-electron chi connectivity index (χ3n) is 2.67. The zero-order valence-corrected chi connectivity index (χ0v) is 13.6. The van der Waals surface area contributed by atoms with E-state index in [4.69, 9.17) is 5.11 Å². The van der Waals surface area contributed by atoms with Crippen LogP contribution < -0.4 is 0 Å². The molecule has 0 bridgehead atoms. The van der Waals surface area contributed by atoms with Crippen molar-refractivity contribution in [3.8, 4) is 17.1 Å². The van der Waals surface area contributed by atoms with Gasteiger partial charge in [0.2, 0.25) is 5.16 Å². The van der Waals surface area contributed by atoms with Crippen LogP contribution >= 0.6 is 11.8 Å². The molecule has 0 fully saturated rings. The standard InChI is InChI=1S/C13H11N5O2S.C2H6/c19-11(20)8-21-13-15-12(16-17-13)9-6-14-18(7-9)10-4-2-1-3-5-10;1-2/h1-7H,8H2,(H,19,20)(H,15,16,17);1-2H3. The van der Waals surface area contributed by atoms with Crippen LogP contribution in [0.25, 0.3) is 17.1 Å². The van der Waals surface area contributed by atoms with Crippen LogP contribution in [0.15, 0.2) is 47.9 Å². The highest BCUT2D eigenvalue weighted by Gasteiger charge is 2.10. The third-order valence-corrected chi connectivity index (χ3v) is 3.50. The fourth-order valence-electron chi connectivity index (χ4n) is 1.73.